The molecule has 2 aromatic rings. The zero-order valence-corrected chi connectivity index (χ0v) is 16.9. The number of nitrogens with one attached hydrogen (secondary N) is 1. The van der Waals surface area contributed by atoms with Crippen LogP contribution < -0.4 is 5.32 Å². The summed E-state index contributed by atoms with van der Waals surface area (Å²) in [5, 5.41) is 2.79. The van der Waals surface area contributed by atoms with E-state index >= 15 is 0 Å². The van der Waals surface area contributed by atoms with E-state index in [0.717, 1.165) is 22.4 Å². The average molecular weight is 412 g/mol. The van der Waals surface area contributed by atoms with Crippen LogP contribution in [0.4, 0.5) is 5.69 Å². The number of fused-ring (bicyclic) bond motifs is 8. The predicted octanol–water partition coefficient (Wildman–Crippen LogP) is 3.03. The van der Waals surface area contributed by atoms with Crippen LogP contribution in [0.1, 0.15) is 29.3 Å². The highest BCUT2D eigenvalue weighted by atomic mass is 16.2. The molecule has 3 aliphatic carbocycles. The van der Waals surface area contributed by atoms with Crippen LogP contribution in [0.2, 0.25) is 0 Å². The minimum Gasteiger partial charge on any atom is -0.324 e. The van der Waals surface area contributed by atoms with Crippen molar-refractivity contribution in [1.29, 1.82) is 0 Å². The smallest absolute Gasteiger partial charge is 0.247 e. The van der Waals surface area contributed by atoms with Crippen molar-refractivity contribution in [3.05, 3.63) is 65.7 Å². The van der Waals surface area contributed by atoms with Gasteiger partial charge in [0.05, 0.1) is 11.8 Å². The lowest BCUT2D eigenvalue weighted by Gasteiger charge is -2.24. The van der Waals surface area contributed by atoms with Gasteiger partial charge >= 0.3 is 0 Å². The van der Waals surface area contributed by atoms with Crippen molar-refractivity contribution in [3.8, 4) is 11.1 Å². The largest absolute Gasteiger partial charge is 0.324 e. The number of amides is 3. The summed E-state index contributed by atoms with van der Waals surface area (Å²) in [6, 6.07) is 11.7. The fraction of sp³-hybridized carbons (Fsp3) is 0.280. The number of carbonyl (C=O) groups excluding carboxylic acids is 4. The van der Waals surface area contributed by atoms with Crippen molar-refractivity contribution in [1.82, 2.24) is 4.90 Å². The van der Waals surface area contributed by atoms with Gasteiger partial charge in [-0.25, -0.2) is 0 Å². The van der Waals surface area contributed by atoms with Gasteiger partial charge in [-0.1, -0.05) is 42.5 Å². The Morgan fingerprint density at radius 3 is 2.19 bits per heavy atom. The molecule has 154 valence electrons. The zero-order valence-electron chi connectivity index (χ0n) is 16.9. The molecule has 3 amide bonds. The maximum Gasteiger partial charge on any atom is 0.247 e. The fourth-order valence-electron chi connectivity index (χ4n) is 5.78. The summed E-state index contributed by atoms with van der Waals surface area (Å²) in [6.07, 6.45) is 4.92. The van der Waals surface area contributed by atoms with Crippen LogP contribution in [-0.2, 0) is 14.4 Å². The van der Waals surface area contributed by atoms with E-state index < -0.39 is 11.9 Å². The third-order valence-electron chi connectivity index (χ3n) is 7.26. The Morgan fingerprint density at radius 1 is 0.903 bits per heavy atom. The van der Waals surface area contributed by atoms with Crippen molar-refractivity contribution in [3.63, 3.8) is 0 Å². The van der Waals surface area contributed by atoms with Crippen LogP contribution in [0.25, 0.3) is 11.1 Å². The van der Waals surface area contributed by atoms with E-state index in [1.165, 1.54) is 0 Å². The van der Waals surface area contributed by atoms with Gasteiger partial charge in [0, 0.05) is 16.8 Å². The van der Waals surface area contributed by atoms with E-state index in [1.54, 1.807) is 25.1 Å². The van der Waals surface area contributed by atoms with E-state index in [2.05, 4.69) is 5.32 Å². The third kappa shape index (κ3) is 2.39. The number of nitrogens with zero attached hydrogens (tertiary/aromatic N) is 1. The van der Waals surface area contributed by atoms with Crippen LogP contribution in [0.5, 0.6) is 0 Å². The number of anilines is 1. The molecule has 6 heteroatoms. The van der Waals surface area contributed by atoms with Gasteiger partial charge in [0.2, 0.25) is 17.7 Å². The molecule has 1 saturated heterocycles. The van der Waals surface area contributed by atoms with Gasteiger partial charge in [0.15, 0.2) is 5.78 Å². The molecule has 2 aromatic carbocycles. The number of hydrogen-bond acceptors (Lipinski definition) is 4. The Bertz CT molecular complexity index is 1200. The minimum absolute atomic E-state index is 0.0737. The maximum atomic E-state index is 13.0. The molecular weight excluding hydrogens is 392 g/mol. The highest BCUT2D eigenvalue weighted by molar-refractivity contribution is 6.22. The molecule has 0 unspecified atom stereocenters. The third-order valence-corrected chi connectivity index (χ3v) is 7.26. The molecule has 1 N–H and O–H groups in total. The van der Waals surface area contributed by atoms with Crippen molar-refractivity contribution < 1.29 is 19.2 Å². The van der Waals surface area contributed by atoms with Gasteiger partial charge in [0.1, 0.15) is 6.04 Å². The number of rotatable bonds is 3. The number of likely N-dealkylation sites (tertiary alicyclic amines) is 1. The lowest BCUT2D eigenvalue weighted by atomic mass is 9.85. The van der Waals surface area contributed by atoms with Crippen molar-refractivity contribution >= 4 is 29.2 Å². The van der Waals surface area contributed by atoms with Gasteiger partial charge in [-0.15, -0.1) is 0 Å². The summed E-state index contributed by atoms with van der Waals surface area (Å²) in [7, 11) is 0. The molecule has 0 aromatic heterocycles. The molecule has 31 heavy (non-hydrogen) atoms. The quantitative estimate of drug-likeness (QED) is 0.529. The first-order chi connectivity index (χ1) is 15.0. The monoisotopic (exact) mass is 412 g/mol. The molecule has 1 saturated carbocycles. The van der Waals surface area contributed by atoms with Crippen LogP contribution in [0.15, 0.2) is 54.6 Å². The molecule has 2 bridgehead atoms. The molecule has 6 rings (SSSR count). The lowest BCUT2D eigenvalue weighted by molar-refractivity contribution is -0.146. The van der Waals surface area contributed by atoms with E-state index in [0.29, 0.717) is 16.8 Å². The van der Waals surface area contributed by atoms with E-state index in [-0.39, 0.29) is 41.3 Å². The molecule has 0 radical (unpaired) electrons. The van der Waals surface area contributed by atoms with Crippen LogP contribution in [0.3, 0.4) is 0 Å². The Morgan fingerprint density at radius 2 is 1.52 bits per heavy atom. The summed E-state index contributed by atoms with van der Waals surface area (Å²) < 4.78 is 0. The minimum atomic E-state index is -0.911. The van der Waals surface area contributed by atoms with Gasteiger partial charge in [-0.05, 0) is 48.4 Å². The summed E-state index contributed by atoms with van der Waals surface area (Å²) in [5.74, 6) is -1.43. The van der Waals surface area contributed by atoms with Gasteiger partial charge < -0.3 is 5.32 Å². The second-order valence-electron chi connectivity index (χ2n) is 8.85. The van der Waals surface area contributed by atoms with E-state index in [1.807, 2.05) is 36.4 Å². The number of carbonyl (C=O) groups is 4. The molecule has 1 aliphatic heterocycles. The Kier molecular flexibility index (Phi) is 3.67. The van der Waals surface area contributed by atoms with Gasteiger partial charge in [0.25, 0.3) is 0 Å². The standard InChI is InChI=1S/C25H20N2O4/c1-12(27-24(30)20-13-6-7-14(10-13)21(20)25(27)31)23(29)26-15-8-9-17-16-4-2-3-5-18(16)22(28)19(17)11-15/h2-9,11-14,20-21H,10H2,1H3,(H,26,29)/t12-,13-,14-,20-,21+/m0/s1. The summed E-state index contributed by atoms with van der Waals surface area (Å²) in [4.78, 5) is 52.7. The predicted molar refractivity (Wildman–Crippen MR) is 113 cm³/mol. The molecule has 5 atom stereocenters. The molecule has 1 heterocycles. The Labute approximate surface area is 178 Å². The van der Waals surface area contributed by atoms with Gasteiger partial charge in [-0.3, -0.25) is 24.1 Å². The Balaban J connectivity index is 1.23. The first-order valence-electron chi connectivity index (χ1n) is 10.6. The number of allylic oxidation sites excluding steroid dienone is 2. The highest BCUT2D eigenvalue weighted by Crippen LogP contribution is 2.52. The lowest BCUT2D eigenvalue weighted by Crippen LogP contribution is -2.46. The fourth-order valence-corrected chi connectivity index (χ4v) is 5.78. The topological polar surface area (TPSA) is 83.6 Å². The average Bonchev–Trinajstić information content (AvgIpc) is 3.51. The molecular formula is C25H20N2O4. The van der Waals surface area contributed by atoms with Crippen molar-refractivity contribution in [2.24, 2.45) is 23.7 Å². The number of hydrogen-bond donors (Lipinski definition) is 1. The Hall–Kier alpha value is -3.54. The molecule has 2 fully saturated rings. The normalized spacial score (nSPS) is 28.0. The van der Waals surface area contributed by atoms with E-state index in [9.17, 15) is 19.2 Å². The van der Waals surface area contributed by atoms with Crippen molar-refractivity contribution in [2.75, 3.05) is 5.32 Å². The molecule has 6 nitrogen and oxygen atoms in total. The second kappa shape index (κ2) is 6.23. The summed E-state index contributed by atoms with van der Waals surface area (Å²) in [6.45, 7) is 1.58. The highest BCUT2D eigenvalue weighted by Gasteiger charge is 2.60. The summed E-state index contributed by atoms with van der Waals surface area (Å²) >= 11 is 0. The second-order valence-corrected chi connectivity index (χ2v) is 8.85. The van der Waals surface area contributed by atoms with Crippen molar-refractivity contribution in [2.45, 2.75) is 19.4 Å². The SMILES string of the molecule is C[C@@H](C(=O)Nc1ccc2c(c1)C(=O)c1ccccc1-2)N1C(=O)[C@@H]2[C@H](C1=O)[C@H]1C=C[C@H]2C1. The van der Waals surface area contributed by atoms with Crippen LogP contribution in [0, 0.1) is 23.7 Å². The number of benzene rings is 2. The first kappa shape index (κ1) is 18.2. The number of ketones is 1. The zero-order chi connectivity index (χ0) is 21.4. The number of imide groups is 1. The summed E-state index contributed by atoms with van der Waals surface area (Å²) in [5.41, 5.74) is 3.39. The van der Waals surface area contributed by atoms with Crippen LogP contribution >= 0.6 is 0 Å². The van der Waals surface area contributed by atoms with Crippen LogP contribution in [-0.4, -0.2) is 34.4 Å². The molecule has 0 spiro atoms. The first-order valence-corrected chi connectivity index (χ1v) is 10.6. The molecule has 4 aliphatic rings. The van der Waals surface area contributed by atoms with E-state index in [4.69, 9.17) is 0 Å². The van der Waals surface area contributed by atoms with Gasteiger partial charge in [-0.2, -0.15) is 0 Å². The maximum absolute atomic E-state index is 13.0.